The van der Waals surface area contributed by atoms with Crippen LogP contribution < -0.4 is 10.1 Å². The van der Waals surface area contributed by atoms with Crippen LogP contribution in [0.3, 0.4) is 0 Å². The summed E-state index contributed by atoms with van der Waals surface area (Å²) in [5.74, 6) is 0.521. The van der Waals surface area contributed by atoms with Gasteiger partial charge in [0.15, 0.2) is 9.84 Å². The molecule has 1 saturated heterocycles. The zero-order chi connectivity index (χ0) is 14.8. The van der Waals surface area contributed by atoms with Gasteiger partial charge in [0.25, 0.3) is 0 Å². The molecule has 1 aromatic carbocycles. The molecule has 2 unspecified atom stereocenters. The third-order valence-corrected chi connectivity index (χ3v) is 5.44. The fourth-order valence-corrected chi connectivity index (χ4v) is 4.23. The summed E-state index contributed by atoms with van der Waals surface area (Å²) in [6, 6.07) is 4.37. The molecule has 0 aliphatic carbocycles. The van der Waals surface area contributed by atoms with Gasteiger partial charge >= 0.3 is 0 Å². The van der Waals surface area contributed by atoms with Gasteiger partial charge in [-0.25, -0.2) is 12.8 Å². The Morgan fingerprint density at radius 3 is 2.80 bits per heavy atom. The molecule has 1 fully saturated rings. The Hall–Kier alpha value is -1.14. The van der Waals surface area contributed by atoms with Crippen molar-refractivity contribution in [3.05, 3.63) is 29.6 Å². The lowest BCUT2D eigenvalue weighted by molar-refractivity contribution is 0.405. The van der Waals surface area contributed by atoms with E-state index in [0.717, 1.165) is 6.42 Å². The fourth-order valence-electron chi connectivity index (χ4n) is 2.58. The van der Waals surface area contributed by atoms with E-state index in [1.165, 1.54) is 13.2 Å². The first-order chi connectivity index (χ1) is 9.41. The van der Waals surface area contributed by atoms with Gasteiger partial charge < -0.3 is 10.1 Å². The first-order valence-corrected chi connectivity index (χ1v) is 8.53. The van der Waals surface area contributed by atoms with Crippen LogP contribution in [0.5, 0.6) is 5.75 Å². The molecular weight excluding hydrogens is 281 g/mol. The van der Waals surface area contributed by atoms with Crippen molar-refractivity contribution in [1.29, 1.82) is 0 Å². The van der Waals surface area contributed by atoms with Gasteiger partial charge in [-0.1, -0.05) is 6.07 Å². The molecule has 0 radical (unpaired) electrons. The normalized spacial score (nSPS) is 23.2. The second-order valence-corrected chi connectivity index (χ2v) is 7.46. The molecule has 0 spiro atoms. The number of nitrogens with one attached hydrogen (secondary N) is 1. The van der Waals surface area contributed by atoms with Crippen molar-refractivity contribution in [2.75, 3.05) is 18.6 Å². The van der Waals surface area contributed by atoms with Crippen molar-refractivity contribution >= 4 is 9.84 Å². The minimum absolute atomic E-state index is 0.106. The van der Waals surface area contributed by atoms with Crippen LogP contribution in [-0.4, -0.2) is 33.1 Å². The van der Waals surface area contributed by atoms with Crippen LogP contribution in [0.15, 0.2) is 18.2 Å². The minimum Gasteiger partial charge on any atom is -0.497 e. The SMILES string of the molecule is COc1ccc(C(C)NC2CCCS(=O)(=O)C2)c(F)c1. The number of sulfone groups is 1. The van der Waals surface area contributed by atoms with Crippen LogP contribution in [0.25, 0.3) is 0 Å². The predicted octanol–water partition coefficient (Wildman–Crippen LogP) is 2.06. The summed E-state index contributed by atoms with van der Waals surface area (Å²) in [5.41, 5.74) is 0.522. The number of hydrogen-bond acceptors (Lipinski definition) is 4. The first kappa shape index (κ1) is 15.3. The number of rotatable bonds is 4. The number of ether oxygens (including phenoxy) is 1. The zero-order valence-electron chi connectivity index (χ0n) is 11.7. The van der Waals surface area contributed by atoms with Crippen molar-refractivity contribution in [2.24, 2.45) is 0 Å². The predicted molar refractivity (Wildman–Crippen MR) is 76.2 cm³/mol. The van der Waals surface area contributed by atoms with Gasteiger partial charge in [0.1, 0.15) is 11.6 Å². The van der Waals surface area contributed by atoms with E-state index in [9.17, 15) is 12.8 Å². The van der Waals surface area contributed by atoms with Gasteiger partial charge in [-0.3, -0.25) is 0 Å². The molecule has 1 aliphatic rings. The highest BCUT2D eigenvalue weighted by Crippen LogP contribution is 2.23. The third kappa shape index (κ3) is 3.70. The summed E-state index contributed by atoms with van der Waals surface area (Å²) < 4.78 is 42.1. The average Bonchev–Trinajstić information content (AvgIpc) is 2.37. The fraction of sp³-hybridized carbons (Fsp3) is 0.571. The maximum absolute atomic E-state index is 14.0. The lowest BCUT2D eigenvalue weighted by Gasteiger charge is -2.27. The Kier molecular flexibility index (Phi) is 4.65. The quantitative estimate of drug-likeness (QED) is 0.925. The van der Waals surface area contributed by atoms with Gasteiger partial charge in [-0.15, -0.1) is 0 Å². The molecular formula is C14H20FNO3S. The van der Waals surface area contributed by atoms with Crippen LogP contribution >= 0.6 is 0 Å². The lowest BCUT2D eigenvalue weighted by Crippen LogP contribution is -2.41. The number of hydrogen-bond donors (Lipinski definition) is 1. The topological polar surface area (TPSA) is 55.4 Å². The molecule has 1 N–H and O–H groups in total. The molecule has 4 nitrogen and oxygen atoms in total. The molecule has 0 aromatic heterocycles. The molecule has 112 valence electrons. The van der Waals surface area contributed by atoms with Crippen LogP contribution in [0, 0.1) is 5.82 Å². The highest BCUT2D eigenvalue weighted by Gasteiger charge is 2.26. The molecule has 20 heavy (non-hydrogen) atoms. The second kappa shape index (κ2) is 6.10. The Bertz CT molecular complexity index is 574. The van der Waals surface area contributed by atoms with Gasteiger partial charge in [0.05, 0.1) is 18.6 Å². The Morgan fingerprint density at radius 1 is 1.45 bits per heavy atom. The third-order valence-electron chi connectivity index (χ3n) is 3.62. The van der Waals surface area contributed by atoms with Gasteiger partial charge in [0.2, 0.25) is 0 Å². The lowest BCUT2D eigenvalue weighted by atomic mass is 10.1. The average molecular weight is 301 g/mol. The Labute approximate surface area is 119 Å². The molecule has 0 saturated carbocycles. The van der Waals surface area contributed by atoms with Crippen molar-refractivity contribution in [3.8, 4) is 5.75 Å². The molecule has 0 bridgehead atoms. The second-order valence-electron chi connectivity index (χ2n) is 5.23. The number of benzene rings is 1. The van der Waals surface area contributed by atoms with E-state index in [0.29, 0.717) is 17.7 Å². The molecule has 1 aromatic rings. The smallest absolute Gasteiger partial charge is 0.151 e. The van der Waals surface area contributed by atoms with Crippen molar-refractivity contribution < 1.29 is 17.5 Å². The zero-order valence-corrected chi connectivity index (χ0v) is 12.5. The number of halogens is 1. The molecule has 2 atom stereocenters. The maximum Gasteiger partial charge on any atom is 0.151 e. The molecule has 6 heteroatoms. The van der Waals surface area contributed by atoms with Crippen molar-refractivity contribution in [2.45, 2.75) is 31.8 Å². The molecule has 1 heterocycles. The summed E-state index contributed by atoms with van der Waals surface area (Å²) in [7, 11) is -1.47. The highest BCUT2D eigenvalue weighted by molar-refractivity contribution is 7.91. The van der Waals surface area contributed by atoms with Crippen LogP contribution in [0.4, 0.5) is 4.39 Å². The summed E-state index contributed by atoms with van der Waals surface area (Å²) in [6.45, 7) is 1.84. The number of methoxy groups -OCH3 is 1. The van der Waals surface area contributed by atoms with E-state index in [1.54, 1.807) is 12.1 Å². The Balaban J connectivity index is 2.06. The van der Waals surface area contributed by atoms with Crippen molar-refractivity contribution in [1.82, 2.24) is 5.32 Å². The van der Waals surface area contributed by atoms with E-state index in [4.69, 9.17) is 4.74 Å². The summed E-state index contributed by atoms with van der Waals surface area (Å²) >= 11 is 0. The van der Waals surface area contributed by atoms with E-state index in [1.807, 2.05) is 6.92 Å². The van der Waals surface area contributed by atoms with Gasteiger partial charge in [0, 0.05) is 23.7 Å². The Morgan fingerprint density at radius 2 is 2.20 bits per heavy atom. The van der Waals surface area contributed by atoms with Crippen LogP contribution in [0.1, 0.15) is 31.4 Å². The summed E-state index contributed by atoms with van der Waals surface area (Å²) in [4.78, 5) is 0. The molecule has 0 amide bonds. The monoisotopic (exact) mass is 301 g/mol. The standard InChI is InChI=1S/C14H20FNO3S/c1-10(13-6-5-12(19-2)8-14(13)15)16-11-4-3-7-20(17,18)9-11/h5-6,8,10-11,16H,3-4,7,9H2,1-2H3. The molecule has 2 rings (SSSR count). The summed E-state index contributed by atoms with van der Waals surface area (Å²) in [5, 5.41) is 3.21. The largest absolute Gasteiger partial charge is 0.497 e. The molecule has 1 aliphatic heterocycles. The van der Waals surface area contributed by atoms with E-state index < -0.39 is 9.84 Å². The first-order valence-electron chi connectivity index (χ1n) is 6.71. The maximum atomic E-state index is 14.0. The van der Waals surface area contributed by atoms with Gasteiger partial charge in [-0.2, -0.15) is 0 Å². The summed E-state index contributed by atoms with van der Waals surface area (Å²) in [6.07, 6.45) is 1.47. The van der Waals surface area contributed by atoms with Crippen molar-refractivity contribution in [3.63, 3.8) is 0 Å². The van der Waals surface area contributed by atoms with Crippen LogP contribution in [0.2, 0.25) is 0 Å². The highest BCUT2D eigenvalue weighted by atomic mass is 32.2. The minimum atomic E-state index is -2.96. The van der Waals surface area contributed by atoms with E-state index in [2.05, 4.69) is 5.32 Å². The van der Waals surface area contributed by atoms with E-state index in [-0.39, 0.29) is 29.4 Å². The van der Waals surface area contributed by atoms with Gasteiger partial charge in [-0.05, 0) is 25.8 Å². The van der Waals surface area contributed by atoms with E-state index >= 15 is 0 Å². The van der Waals surface area contributed by atoms with Crippen LogP contribution in [-0.2, 0) is 9.84 Å².